The van der Waals surface area contributed by atoms with Crippen LogP contribution in [0, 0.1) is 12.7 Å². The zero-order chi connectivity index (χ0) is 24.6. The monoisotopic (exact) mass is 477 g/mol. The number of amides is 2. The van der Waals surface area contributed by atoms with Gasteiger partial charge >= 0.3 is 0 Å². The highest BCUT2D eigenvalue weighted by Gasteiger charge is 2.28. The van der Waals surface area contributed by atoms with Crippen LogP contribution in [-0.4, -0.2) is 51.0 Å². The molecule has 0 radical (unpaired) electrons. The molecule has 0 fully saturated rings. The fourth-order valence-corrected chi connectivity index (χ4v) is 4.70. The summed E-state index contributed by atoms with van der Waals surface area (Å²) in [5, 5.41) is 2.61. The molecular formula is C24H32FN3O4S. The molecule has 1 N–H and O–H groups in total. The number of anilines is 1. The van der Waals surface area contributed by atoms with Crippen LogP contribution < -0.4 is 9.62 Å². The summed E-state index contributed by atoms with van der Waals surface area (Å²) in [6.45, 7) is 3.99. The molecule has 0 aromatic heterocycles. The number of para-hydroxylation sites is 1. The summed E-state index contributed by atoms with van der Waals surface area (Å²) in [6.07, 6.45) is 1.63. The number of carbonyl (C=O) groups excluding carboxylic acids is 2. The highest BCUT2D eigenvalue weighted by molar-refractivity contribution is 7.92. The molecular weight excluding hydrogens is 445 g/mol. The number of likely N-dealkylation sites (N-methyl/N-ethyl adjacent to an activating group) is 1. The van der Waals surface area contributed by atoms with E-state index in [9.17, 15) is 22.4 Å². The lowest BCUT2D eigenvalue weighted by Gasteiger charge is -2.31. The fourth-order valence-electron chi connectivity index (χ4n) is 3.73. The number of aryl methyl sites for hydroxylation is 1. The molecule has 0 bridgehead atoms. The molecule has 2 aromatic rings. The first-order valence-electron chi connectivity index (χ1n) is 10.9. The van der Waals surface area contributed by atoms with E-state index in [2.05, 4.69) is 5.32 Å². The highest BCUT2D eigenvalue weighted by Crippen LogP contribution is 2.22. The van der Waals surface area contributed by atoms with Crippen molar-refractivity contribution in [3.63, 3.8) is 0 Å². The van der Waals surface area contributed by atoms with Crippen molar-refractivity contribution in [1.29, 1.82) is 0 Å². The number of halogens is 1. The third kappa shape index (κ3) is 7.28. The lowest BCUT2D eigenvalue weighted by molar-refractivity contribution is -0.141. The molecule has 2 rings (SSSR count). The van der Waals surface area contributed by atoms with Gasteiger partial charge in [-0.25, -0.2) is 12.8 Å². The summed E-state index contributed by atoms with van der Waals surface area (Å²) < 4.78 is 39.7. The molecule has 7 nitrogen and oxygen atoms in total. The molecule has 0 aliphatic rings. The lowest BCUT2D eigenvalue weighted by atomic mass is 10.1. The van der Waals surface area contributed by atoms with Crippen LogP contribution in [0.4, 0.5) is 10.1 Å². The molecule has 9 heteroatoms. The van der Waals surface area contributed by atoms with Crippen molar-refractivity contribution in [1.82, 2.24) is 10.2 Å². The summed E-state index contributed by atoms with van der Waals surface area (Å²) in [4.78, 5) is 27.2. The van der Waals surface area contributed by atoms with Crippen LogP contribution >= 0.6 is 0 Å². The van der Waals surface area contributed by atoms with Crippen LogP contribution in [0.15, 0.2) is 48.5 Å². The Morgan fingerprint density at radius 3 is 2.39 bits per heavy atom. The van der Waals surface area contributed by atoms with Crippen molar-refractivity contribution < 1.29 is 22.4 Å². The van der Waals surface area contributed by atoms with Gasteiger partial charge in [-0.2, -0.15) is 0 Å². The Bertz CT molecular complexity index is 1070. The second-order valence-electron chi connectivity index (χ2n) is 7.94. The first-order chi connectivity index (χ1) is 15.6. The van der Waals surface area contributed by atoms with Crippen molar-refractivity contribution >= 4 is 27.5 Å². The smallest absolute Gasteiger partial charge is 0.242 e. The van der Waals surface area contributed by atoms with E-state index in [0.717, 1.165) is 21.7 Å². The van der Waals surface area contributed by atoms with Gasteiger partial charge in [0.05, 0.1) is 11.9 Å². The third-order valence-electron chi connectivity index (χ3n) is 5.34. The van der Waals surface area contributed by atoms with Crippen molar-refractivity contribution in [2.45, 2.75) is 45.7 Å². The third-order valence-corrected chi connectivity index (χ3v) is 6.52. The molecule has 180 valence electrons. The zero-order valence-corrected chi connectivity index (χ0v) is 20.4. The van der Waals surface area contributed by atoms with Gasteiger partial charge in [0.25, 0.3) is 0 Å². The maximum Gasteiger partial charge on any atom is 0.242 e. The topological polar surface area (TPSA) is 86.8 Å². The van der Waals surface area contributed by atoms with Gasteiger partial charge in [-0.3, -0.25) is 13.9 Å². The molecule has 33 heavy (non-hydrogen) atoms. The Morgan fingerprint density at radius 1 is 1.12 bits per heavy atom. The van der Waals surface area contributed by atoms with Gasteiger partial charge in [0.1, 0.15) is 11.9 Å². The maximum atomic E-state index is 14.2. The molecule has 2 aromatic carbocycles. The number of hydrogen-bond acceptors (Lipinski definition) is 4. The molecule has 2 amide bonds. The second kappa shape index (κ2) is 11.8. The zero-order valence-electron chi connectivity index (χ0n) is 19.5. The van der Waals surface area contributed by atoms with Gasteiger partial charge in [-0.05, 0) is 37.5 Å². The van der Waals surface area contributed by atoms with Crippen LogP contribution in [0.5, 0.6) is 0 Å². The second-order valence-corrected chi connectivity index (χ2v) is 9.85. The quantitative estimate of drug-likeness (QED) is 0.538. The Balaban J connectivity index is 2.20. The first-order valence-corrected chi connectivity index (χ1v) is 12.7. The minimum Gasteiger partial charge on any atom is -0.357 e. The van der Waals surface area contributed by atoms with E-state index in [0.29, 0.717) is 6.42 Å². The van der Waals surface area contributed by atoms with Crippen LogP contribution in [0.25, 0.3) is 0 Å². The molecule has 0 aliphatic carbocycles. The molecule has 1 atom stereocenters. The number of carbonyl (C=O) groups is 2. The average molecular weight is 478 g/mol. The highest BCUT2D eigenvalue weighted by atomic mass is 32.2. The summed E-state index contributed by atoms with van der Waals surface area (Å²) in [7, 11) is -2.22. The normalized spacial score (nSPS) is 12.2. The maximum absolute atomic E-state index is 14.2. The molecule has 0 spiro atoms. The Kier molecular flexibility index (Phi) is 9.40. The number of nitrogens with zero attached hydrogens (tertiary/aromatic N) is 2. The van der Waals surface area contributed by atoms with Gasteiger partial charge < -0.3 is 10.2 Å². The van der Waals surface area contributed by atoms with Crippen molar-refractivity contribution in [3.05, 3.63) is 65.5 Å². The fraction of sp³-hybridized carbons (Fsp3) is 0.417. The van der Waals surface area contributed by atoms with Gasteiger partial charge in [0.2, 0.25) is 21.8 Å². The van der Waals surface area contributed by atoms with Crippen LogP contribution in [0.2, 0.25) is 0 Å². The van der Waals surface area contributed by atoms with E-state index in [1.807, 2.05) is 38.1 Å². The van der Waals surface area contributed by atoms with Crippen molar-refractivity contribution in [2.24, 2.45) is 0 Å². The Morgan fingerprint density at radius 2 is 1.82 bits per heavy atom. The van der Waals surface area contributed by atoms with E-state index < -0.39 is 21.9 Å². The minimum atomic E-state index is -3.75. The van der Waals surface area contributed by atoms with E-state index in [1.165, 1.54) is 30.1 Å². The SMILES string of the molecule is CC[C@H](C(=O)NC)N(Cc1cccc(C)c1)C(=O)CCCN(c1ccccc1F)S(C)(=O)=O. The van der Waals surface area contributed by atoms with Gasteiger partial charge in [0, 0.05) is 26.6 Å². The van der Waals surface area contributed by atoms with Crippen molar-refractivity contribution in [3.8, 4) is 0 Å². The number of sulfonamides is 1. The Hall–Kier alpha value is -2.94. The molecule has 0 unspecified atom stereocenters. The molecule has 0 saturated heterocycles. The standard InChI is InChI=1S/C24H32FN3O4S/c1-5-21(24(30)26-3)27(17-19-11-8-10-18(2)16-19)23(29)14-9-15-28(33(4,31)32)22-13-7-6-12-20(22)25/h6-8,10-13,16,21H,5,9,14-15,17H2,1-4H3,(H,26,30)/t21-/m1/s1. The summed E-state index contributed by atoms with van der Waals surface area (Å²) in [5.74, 6) is -1.18. The largest absolute Gasteiger partial charge is 0.357 e. The molecule has 0 saturated carbocycles. The Labute approximate surface area is 195 Å². The first kappa shape index (κ1) is 26.3. The van der Waals surface area contributed by atoms with E-state index >= 15 is 0 Å². The van der Waals surface area contributed by atoms with Gasteiger partial charge in [-0.15, -0.1) is 0 Å². The van der Waals surface area contributed by atoms with Crippen LogP contribution in [0.1, 0.15) is 37.3 Å². The minimum absolute atomic E-state index is 0.0137. The van der Waals surface area contributed by atoms with Crippen LogP contribution in [0.3, 0.4) is 0 Å². The average Bonchev–Trinajstić information content (AvgIpc) is 2.76. The predicted molar refractivity (Wildman–Crippen MR) is 128 cm³/mol. The summed E-state index contributed by atoms with van der Waals surface area (Å²) in [6, 6.07) is 12.7. The van der Waals surface area contributed by atoms with E-state index in [-0.39, 0.29) is 43.4 Å². The summed E-state index contributed by atoms with van der Waals surface area (Å²) >= 11 is 0. The molecule has 0 aliphatic heterocycles. The summed E-state index contributed by atoms with van der Waals surface area (Å²) in [5.41, 5.74) is 1.89. The van der Waals surface area contributed by atoms with E-state index in [4.69, 9.17) is 0 Å². The number of nitrogens with one attached hydrogen (secondary N) is 1. The van der Waals surface area contributed by atoms with Gasteiger partial charge in [-0.1, -0.05) is 48.9 Å². The number of rotatable bonds is 11. The van der Waals surface area contributed by atoms with Crippen molar-refractivity contribution in [2.75, 3.05) is 24.2 Å². The van der Waals surface area contributed by atoms with Crippen LogP contribution in [-0.2, 0) is 26.2 Å². The lowest BCUT2D eigenvalue weighted by Crippen LogP contribution is -2.48. The molecule has 0 heterocycles. The number of benzene rings is 2. The number of hydrogen-bond donors (Lipinski definition) is 1. The van der Waals surface area contributed by atoms with E-state index in [1.54, 1.807) is 6.07 Å². The predicted octanol–water partition coefficient (Wildman–Crippen LogP) is 3.23. The van der Waals surface area contributed by atoms with Gasteiger partial charge in [0.15, 0.2) is 0 Å².